The summed E-state index contributed by atoms with van der Waals surface area (Å²) in [7, 11) is 0. The van der Waals surface area contributed by atoms with E-state index in [0.717, 1.165) is 16.7 Å². The van der Waals surface area contributed by atoms with Gasteiger partial charge < -0.3 is 10.5 Å². The molecule has 0 amide bonds. The second kappa shape index (κ2) is 8.05. The third kappa shape index (κ3) is 3.68. The first-order chi connectivity index (χ1) is 12.5. The third-order valence-electron chi connectivity index (χ3n) is 4.45. The Labute approximate surface area is 160 Å². The van der Waals surface area contributed by atoms with Crippen molar-refractivity contribution in [1.29, 1.82) is 0 Å². The molecule has 134 valence electrons. The molecule has 0 aliphatic carbocycles. The summed E-state index contributed by atoms with van der Waals surface area (Å²) < 4.78 is 6.56. The van der Waals surface area contributed by atoms with Crippen molar-refractivity contribution in [2.75, 3.05) is 6.61 Å². The monoisotopic (exact) mass is 365 g/mol. The smallest absolute Gasteiger partial charge is 0.145 e. The Bertz CT molecular complexity index is 846. The van der Waals surface area contributed by atoms with Gasteiger partial charge in [-0.1, -0.05) is 90.0 Å². The van der Waals surface area contributed by atoms with Crippen LogP contribution in [0.25, 0.3) is 0 Å². The zero-order chi connectivity index (χ0) is 18.6. The number of halogens is 1. The number of benzene rings is 3. The number of nitrogens with two attached hydrogens (primary N) is 1. The average Bonchev–Trinajstić information content (AvgIpc) is 2.65. The standard InChI is InChI=1S/C23H24ClNO/c1-17-12-14-20(15-13-17)23(26-16-18(2)25,19-8-4-3-5-9-19)21-10-6-7-11-22(21)24/h3-15,18H,16,25H2,1-2H3/t18-,23?/m0/s1. The van der Waals surface area contributed by atoms with Crippen molar-refractivity contribution < 1.29 is 4.74 Å². The van der Waals surface area contributed by atoms with E-state index < -0.39 is 5.60 Å². The molecule has 1 unspecified atom stereocenters. The molecule has 2 atom stereocenters. The summed E-state index contributed by atoms with van der Waals surface area (Å²) in [4.78, 5) is 0. The minimum Gasteiger partial charge on any atom is -0.359 e. The van der Waals surface area contributed by atoms with Gasteiger partial charge in [0.1, 0.15) is 5.60 Å². The van der Waals surface area contributed by atoms with Crippen molar-refractivity contribution in [3.05, 3.63) is 106 Å². The van der Waals surface area contributed by atoms with Gasteiger partial charge in [0, 0.05) is 16.6 Å². The molecule has 0 bridgehead atoms. The maximum Gasteiger partial charge on any atom is 0.145 e. The van der Waals surface area contributed by atoms with Crippen LogP contribution in [0.2, 0.25) is 5.02 Å². The van der Waals surface area contributed by atoms with E-state index in [-0.39, 0.29) is 6.04 Å². The molecule has 26 heavy (non-hydrogen) atoms. The summed E-state index contributed by atoms with van der Waals surface area (Å²) in [6.07, 6.45) is 0. The fourth-order valence-electron chi connectivity index (χ4n) is 3.19. The topological polar surface area (TPSA) is 35.2 Å². The summed E-state index contributed by atoms with van der Waals surface area (Å²) in [6.45, 7) is 4.43. The molecule has 3 rings (SSSR count). The number of hydrogen-bond donors (Lipinski definition) is 1. The lowest BCUT2D eigenvalue weighted by molar-refractivity contribution is 0.00723. The van der Waals surface area contributed by atoms with Crippen LogP contribution in [0.1, 0.15) is 29.2 Å². The van der Waals surface area contributed by atoms with Gasteiger partial charge in [-0.05, 0) is 31.0 Å². The highest BCUT2D eigenvalue weighted by atomic mass is 35.5. The zero-order valence-electron chi connectivity index (χ0n) is 15.2. The normalized spacial score (nSPS) is 14.6. The van der Waals surface area contributed by atoms with Gasteiger partial charge in [-0.3, -0.25) is 0 Å². The summed E-state index contributed by atoms with van der Waals surface area (Å²) in [5, 5.41) is 0.668. The molecule has 0 heterocycles. The van der Waals surface area contributed by atoms with Crippen LogP contribution in [0.3, 0.4) is 0 Å². The summed E-state index contributed by atoms with van der Waals surface area (Å²) in [5.74, 6) is 0. The molecule has 2 N–H and O–H groups in total. The second-order valence-electron chi connectivity index (χ2n) is 6.68. The maximum atomic E-state index is 6.64. The molecule has 0 fully saturated rings. The fourth-order valence-corrected chi connectivity index (χ4v) is 3.46. The van der Waals surface area contributed by atoms with Crippen molar-refractivity contribution in [3.63, 3.8) is 0 Å². The first-order valence-electron chi connectivity index (χ1n) is 8.81. The predicted molar refractivity (Wildman–Crippen MR) is 109 cm³/mol. The highest BCUT2D eigenvalue weighted by Crippen LogP contribution is 2.43. The van der Waals surface area contributed by atoms with Crippen LogP contribution in [0.5, 0.6) is 0 Å². The third-order valence-corrected chi connectivity index (χ3v) is 4.78. The molecule has 0 aliphatic heterocycles. The molecular formula is C23H24ClNO. The Balaban J connectivity index is 2.30. The Morgan fingerprint density at radius 3 is 2.08 bits per heavy atom. The van der Waals surface area contributed by atoms with Crippen LogP contribution in [-0.4, -0.2) is 12.6 Å². The summed E-state index contributed by atoms with van der Waals surface area (Å²) in [6, 6.07) is 26.3. The number of hydrogen-bond acceptors (Lipinski definition) is 2. The van der Waals surface area contributed by atoms with Crippen molar-refractivity contribution in [2.24, 2.45) is 5.73 Å². The van der Waals surface area contributed by atoms with Crippen LogP contribution in [-0.2, 0) is 10.3 Å². The van der Waals surface area contributed by atoms with Crippen molar-refractivity contribution in [2.45, 2.75) is 25.5 Å². The largest absolute Gasteiger partial charge is 0.359 e. The van der Waals surface area contributed by atoms with Crippen LogP contribution in [0.4, 0.5) is 0 Å². The number of ether oxygens (including phenoxy) is 1. The SMILES string of the molecule is Cc1ccc(C(OC[C@H](C)N)(c2ccccc2)c2ccccc2Cl)cc1. The lowest BCUT2D eigenvalue weighted by Crippen LogP contribution is -2.37. The molecule has 0 aliphatic rings. The quantitative estimate of drug-likeness (QED) is 0.601. The summed E-state index contributed by atoms with van der Waals surface area (Å²) in [5.41, 5.74) is 9.39. The Kier molecular flexibility index (Phi) is 5.77. The average molecular weight is 366 g/mol. The highest BCUT2D eigenvalue weighted by Gasteiger charge is 2.39. The van der Waals surface area contributed by atoms with E-state index in [9.17, 15) is 0 Å². The van der Waals surface area contributed by atoms with Crippen LogP contribution in [0, 0.1) is 6.92 Å². The second-order valence-corrected chi connectivity index (χ2v) is 7.09. The molecule has 0 saturated heterocycles. The number of rotatable bonds is 6. The zero-order valence-corrected chi connectivity index (χ0v) is 15.9. The van der Waals surface area contributed by atoms with E-state index in [0.29, 0.717) is 11.6 Å². The van der Waals surface area contributed by atoms with Gasteiger partial charge in [0.15, 0.2) is 0 Å². The van der Waals surface area contributed by atoms with Gasteiger partial charge in [0.2, 0.25) is 0 Å². The van der Waals surface area contributed by atoms with Crippen molar-refractivity contribution in [3.8, 4) is 0 Å². The molecule has 3 aromatic carbocycles. The molecule has 0 radical (unpaired) electrons. The van der Waals surface area contributed by atoms with E-state index in [1.165, 1.54) is 5.56 Å². The van der Waals surface area contributed by atoms with E-state index in [4.69, 9.17) is 22.1 Å². The van der Waals surface area contributed by atoms with Crippen molar-refractivity contribution >= 4 is 11.6 Å². The summed E-state index contributed by atoms with van der Waals surface area (Å²) >= 11 is 6.64. The van der Waals surface area contributed by atoms with E-state index in [1.54, 1.807) is 0 Å². The first-order valence-corrected chi connectivity index (χ1v) is 9.19. The molecule has 0 spiro atoms. The van der Waals surface area contributed by atoms with Gasteiger partial charge >= 0.3 is 0 Å². The van der Waals surface area contributed by atoms with E-state index in [2.05, 4.69) is 43.3 Å². The molecule has 3 aromatic rings. The maximum absolute atomic E-state index is 6.64. The van der Waals surface area contributed by atoms with Crippen LogP contribution in [0.15, 0.2) is 78.9 Å². The number of aryl methyl sites for hydroxylation is 1. The molecule has 0 aromatic heterocycles. The molecule has 2 nitrogen and oxygen atoms in total. The lowest BCUT2D eigenvalue weighted by Gasteiger charge is -2.37. The van der Waals surface area contributed by atoms with Crippen LogP contribution >= 0.6 is 11.6 Å². The van der Waals surface area contributed by atoms with Crippen LogP contribution < -0.4 is 5.73 Å². The Morgan fingerprint density at radius 2 is 1.46 bits per heavy atom. The minimum atomic E-state index is -0.819. The predicted octanol–water partition coefficient (Wildman–Crippen LogP) is 5.30. The molecule has 0 saturated carbocycles. The van der Waals surface area contributed by atoms with E-state index >= 15 is 0 Å². The van der Waals surface area contributed by atoms with Gasteiger partial charge in [-0.25, -0.2) is 0 Å². The first kappa shape index (κ1) is 18.7. The lowest BCUT2D eigenvalue weighted by atomic mass is 9.79. The Morgan fingerprint density at radius 1 is 0.885 bits per heavy atom. The minimum absolute atomic E-state index is 0.0916. The van der Waals surface area contributed by atoms with Crippen molar-refractivity contribution in [1.82, 2.24) is 0 Å². The molecular weight excluding hydrogens is 342 g/mol. The fraction of sp³-hybridized carbons (Fsp3) is 0.217. The van der Waals surface area contributed by atoms with Gasteiger partial charge in [-0.2, -0.15) is 0 Å². The van der Waals surface area contributed by atoms with E-state index in [1.807, 2.05) is 49.4 Å². The Hall–Kier alpha value is -2.13. The molecule has 3 heteroatoms. The van der Waals surface area contributed by atoms with Gasteiger partial charge in [0.05, 0.1) is 6.61 Å². The van der Waals surface area contributed by atoms with Gasteiger partial charge in [0.25, 0.3) is 0 Å². The van der Waals surface area contributed by atoms with Gasteiger partial charge in [-0.15, -0.1) is 0 Å². The highest BCUT2D eigenvalue weighted by molar-refractivity contribution is 6.31.